The summed E-state index contributed by atoms with van der Waals surface area (Å²) in [6.07, 6.45) is -1.79. The normalized spacial score (nSPS) is 29.6. The van der Waals surface area contributed by atoms with E-state index in [1.54, 1.807) is 0 Å². The summed E-state index contributed by atoms with van der Waals surface area (Å²) in [6, 6.07) is 27.9. The molecule has 2 fully saturated rings. The maximum absolute atomic E-state index is 12.5. The molecule has 3 aromatic rings. The van der Waals surface area contributed by atoms with Crippen LogP contribution < -0.4 is 0 Å². The minimum atomic E-state index is -1.08. The molecular weight excluding hydrogens is 468 g/mol. The van der Waals surface area contributed by atoms with E-state index in [0.717, 1.165) is 16.7 Å². The number of ether oxygens (including phenoxy) is 2. The minimum absolute atomic E-state index is 0.0407. The lowest BCUT2D eigenvalue weighted by Gasteiger charge is -2.54. The summed E-state index contributed by atoms with van der Waals surface area (Å²) in [6.45, 7) is 3.22. The molecule has 1 aliphatic heterocycles. The molecule has 1 saturated carbocycles. The van der Waals surface area contributed by atoms with Crippen LogP contribution >= 0.6 is 0 Å². The van der Waals surface area contributed by atoms with E-state index >= 15 is 0 Å². The number of aliphatic hydroxyl groups excluding tert-OH is 1. The van der Waals surface area contributed by atoms with Gasteiger partial charge in [-0.15, -0.1) is 0 Å². The summed E-state index contributed by atoms with van der Waals surface area (Å²) < 4.78 is 12.8. The van der Waals surface area contributed by atoms with Gasteiger partial charge in [0.2, 0.25) is 6.04 Å². The van der Waals surface area contributed by atoms with E-state index < -0.39 is 30.4 Å². The van der Waals surface area contributed by atoms with Crippen molar-refractivity contribution in [1.29, 1.82) is 0 Å². The summed E-state index contributed by atoms with van der Waals surface area (Å²) in [5.74, 6) is -0.380. The summed E-state index contributed by atoms with van der Waals surface area (Å²) in [5.41, 5.74) is 3.02. The Labute approximate surface area is 217 Å². The Morgan fingerprint density at radius 3 is 1.84 bits per heavy atom. The van der Waals surface area contributed by atoms with Gasteiger partial charge in [0, 0.05) is 17.5 Å². The second-order valence-corrected chi connectivity index (χ2v) is 10.2. The number of rotatable bonds is 9. The highest BCUT2D eigenvalue weighted by atomic mass is 16.6. The molecule has 7 heteroatoms. The number of aliphatic hydroxyl groups is 1. The molecule has 2 aliphatic rings. The number of fused-ring (bicyclic) bond motifs is 2. The molecule has 2 bridgehead atoms. The number of nitro groups is 1. The summed E-state index contributed by atoms with van der Waals surface area (Å²) >= 11 is 0. The first-order valence-corrected chi connectivity index (χ1v) is 12.9. The molecule has 0 aromatic heterocycles. The van der Waals surface area contributed by atoms with E-state index in [1.807, 2.05) is 91.0 Å². The Morgan fingerprint density at radius 1 is 0.838 bits per heavy atom. The van der Waals surface area contributed by atoms with Crippen molar-refractivity contribution in [3.8, 4) is 0 Å². The first-order chi connectivity index (χ1) is 18.0. The maximum Gasteiger partial charge on any atom is 0.236 e. The Morgan fingerprint density at radius 2 is 1.32 bits per heavy atom. The number of benzene rings is 3. The third-order valence-electron chi connectivity index (χ3n) is 7.81. The molecular formula is C30H34N2O5. The largest absolute Gasteiger partial charge is 0.388 e. The first kappa shape index (κ1) is 25.5. The zero-order valence-corrected chi connectivity index (χ0v) is 21.0. The highest BCUT2D eigenvalue weighted by Gasteiger charge is 2.62. The van der Waals surface area contributed by atoms with Gasteiger partial charge in [-0.2, -0.15) is 0 Å². The van der Waals surface area contributed by atoms with E-state index in [1.165, 1.54) is 0 Å². The van der Waals surface area contributed by atoms with Crippen LogP contribution in [0, 0.1) is 16.0 Å². The van der Waals surface area contributed by atoms with Gasteiger partial charge in [-0.3, -0.25) is 15.0 Å². The van der Waals surface area contributed by atoms with Crippen LogP contribution in [0.2, 0.25) is 0 Å². The average molecular weight is 503 g/mol. The van der Waals surface area contributed by atoms with Crippen molar-refractivity contribution in [2.24, 2.45) is 5.92 Å². The number of nitrogens with zero attached hydrogens (tertiary/aromatic N) is 2. The van der Waals surface area contributed by atoms with Crippen LogP contribution in [0.3, 0.4) is 0 Å². The molecule has 3 aromatic carbocycles. The molecule has 0 spiro atoms. The fourth-order valence-electron chi connectivity index (χ4n) is 6.05. The molecule has 1 N–H and O–H groups in total. The topological polar surface area (TPSA) is 85.1 Å². The van der Waals surface area contributed by atoms with Crippen LogP contribution in [0.15, 0.2) is 91.0 Å². The van der Waals surface area contributed by atoms with Gasteiger partial charge >= 0.3 is 0 Å². The molecule has 0 radical (unpaired) electrons. The van der Waals surface area contributed by atoms with Gasteiger partial charge in [0.15, 0.2) is 0 Å². The van der Waals surface area contributed by atoms with Crippen molar-refractivity contribution < 1.29 is 19.5 Å². The highest BCUT2D eigenvalue weighted by molar-refractivity contribution is 5.18. The lowest BCUT2D eigenvalue weighted by Crippen LogP contribution is -2.73. The average Bonchev–Trinajstić information content (AvgIpc) is 2.92. The van der Waals surface area contributed by atoms with Gasteiger partial charge in [0.25, 0.3) is 0 Å². The van der Waals surface area contributed by atoms with Crippen LogP contribution in [0.4, 0.5) is 0 Å². The van der Waals surface area contributed by atoms with Crippen molar-refractivity contribution in [2.45, 2.75) is 69.5 Å². The monoisotopic (exact) mass is 502 g/mol. The zero-order valence-electron chi connectivity index (χ0n) is 21.0. The third-order valence-corrected chi connectivity index (χ3v) is 7.81. The van der Waals surface area contributed by atoms with Gasteiger partial charge in [0.1, 0.15) is 18.2 Å². The van der Waals surface area contributed by atoms with Gasteiger partial charge in [-0.1, -0.05) is 91.0 Å². The van der Waals surface area contributed by atoms with E-state index in [2.05, 4.69) is 11.8 Å². The lowest BCUT2D eigenvalue weighted by atomic mass is 9.68. The minimum Gasteiger partial charge on any atom is -0.388 e. The maximum atomic E-state index is 12.5. The van der Waals surface area contributed by atoms with Crippen LogP contribution in [-0.2, 0) is 29.2 Å². The molecule has 1 aliphatic carbocycles. The van der Waals surface area contributed by atoms with E-state index in [4.69, 9.17) is 9.47 Å². The number of hydrogen-bond acceptors (Lipinski definition) is 6. The zero-order chi connectivity index (χ0) is 25.8. The third kappa shape index (κ3) is 5.60. The molecule has 1 unspecified atom stereocenters. The number of likely N-dealkylation sites (tertiary alicyclic amines) is 1. The molecule has 1 heterocycles. The number of hydrogen-bond donors (Lipinski definition) is 1. The Bertz CT molecular complexity index is 1150. The predicted octanol–water partition coefficient (Wildman–Crippen LogP) is 4.46. The summed E-state index contributed by atoms with van der Waals surface area (Å²) in [5, 5.41) is 24.3. The quantitative estimate of drug-likeness (QED) is 0.344. The van der Waals surface area contributed by atoms with Crippen LogP contribution in [0.25, 0.3) is 0 Å². The van der Waals surface area contributed by atoms with E-state index in [9.17, 15) is 15.2 Å². The van der Waals surface area contributed by atoms with E-state index in [-0.39, 0.29) is 16.9 Å². The standard InChI is InChI=1S/C30H34N2O5/c1-21-17-25-26(32(34)35)27(31(21)18-22-11-5-2-6-12-22)28(33)30(37-20-24-15-9-4-10-16-24)29(25)36-19-23-13-7-3-8-14-23/h2-16,21,25-30,33H,17-20H2,1H3/t21?,25-,26+,27+,28-,29+,30-/m1/s1. The molecule has 37 heavy (non-hydrogen) atoms. The predicted molar refractivity (Wildman–Crippen MR) is 140 cm³/mol. The van der Waals surface area contributed by atoms with Crippen molar-refractivity contribution in [2.75, 3.05) is 0 Å². The lowest BCUT2D eigenvalue weighted by molar-refractivity contribution is -0.558. The second-order valence-electron chi connectivity index (χ2n) is 10.2. The Hall–Kier alpha value is -3.10. The van der Waals surface area contributed by atoms with Gasteiger partial charge < -0.3 is 14.6 Å². The highest BCUT2D eigenvalue weighted by Crippen LogP contribution is 2.43. The molecule has 194 valence electrons. The van der Waals surface area contributed by atoms with Gasteiger partial charge in [0.05, 0.1) is 25.2 Å². The molecule has 5 rings (SSSR count). The Balaban J connectivity index is 1.46. The smallest absolute Gasteiger partial charge is 0.236 e. The van der Waals surface area contributed by atoms with Crippen molar-refractivity contribution in [1.82, 2.24) is 4.90 Å². The SMILES string of the molecule is CC1C[C@H]2[C@H](OCc3ccccc3)[C@H](OCc3ccccc3)[C@H](O)[C@H]([C@H]2[N+](=O)[O-])N1Cc1ccccc1. The molecule has 7 nitrogen and oxygen atoms in total. The Kier molecular flexibility index (Phi) is 7.96. The van der Waals surface area contributed by atoms with Crippen LogP contribution in [-0.4, -0.2) is 51.4 Å². The molecule has 7 atom stereocenters. The number of piperidine rings is 1. The van der Waals surface area contributed by atoms with Crippen molar-refractivity contribution in [3.63, 3.8) is 0 Å². The summed E-state index contributed by atoms with van der Waals surface area (Å²) in [7, 11) is 0. The van der Waals surface area contributed by atoms with Crippen LogP contribution in [0.5, 0.6) is 0 Å². The summed E-state index contributed by atoms with van der Waals surface area (Å²) in [4.78, 5) is 14.4. The second kappa shape index (κ2) is 11.5. The fraction of sp³-hybridized carbons (Fsp3) is 0.400. The van der Waals surface area contributed by atoms with Gasteiger partial charge in [-0.25, -0.2) is 0 Å². The van der Waals surface area contributed by atoms with Crippen molar-refractivity contribution in [3.05, 3.63) is 118 Å². The first-order valence-electron chi connectivity index (χ1n) is 12.9. The molecule has 1 saturated heterocycles. The fourth-order valence-corrected chi connectivity index (χ4v) is 6.05. The van der Waals surface area contributed by atoms with Crippen LogP contribution in [0.1, 0.15) is 30.0 Å². The molecule has 0 amide bonds. The van der Waals surface area contributed by atoms with Crippen molar-refractivity contribution >= 4 is 0 Å². The van der Waals surface area contributed by atoms with E-state index in [0.29, 0.717) is 26.2 Å². The van der Waals surface area contributed by atoms with Gasteiger partial charge in [-0.05, 0) is 30.0 Å².